The molecular weight excluding hydrogens is 272 g/mol. The van der Waals surface area contributed by atoms with Gasteiger partial charge in [0.2, 0.25) is 0 Å². The summed E-state index contributed by atoms with van der Waals surface area (Å²) in [6, 6.07) is 0. The molecule has 1 saturated carbocycles. The SMILES string of the molecule is COC(=O)C(Br)CNCC1(N(C)C)CCC1. The molecule has 16 heavy (non-hydrogen) atoms. The summed E-state index contributed by atoms with van der Waals surface area (Å²) in [5, 5.41) is 3.34. The lowest BCUT2D eigenvalue weighted by Crippen LogP contribution is -2.57. The number of hydrogen-bond donors (Lipinski definition) is 1. The molecule has 0 aromatic carbocycles. The Labute approximate surface area is 106 Å². The minimum absolute atomic E-state index is 0.222. The van der Waals surface area contributed by atoms with Crippen molar-refractivity contribution in [3.8, 4) is 0 Å². The first-order valence-electron chi connectivity index (χ1n) is 5.62. The molecule has 0 spiro atoms. The zero-order valence-electron chi connectivity index (χ0n) is 10.3. The monoisotopic (exact) mass is 292 g/mol. The van der Waals surface area contributed by atoms with Crippen LogP contribution in [-0.4, -0.2) is 55.5 Å². The van der Waals surface area contributed by atoms with Crippen molar-refractivity contribution in [2.24, 2.45) is 0 Å². The standard InChI is InChI=1S/C11H21BrN2O2/c1-14(2)11(5-4-6-11)8-13-7-9(12)10(15)16-3/h9,13H,4-8H2,1-3H3. The van der Waals surface area contributed by atoms with E-state index in [2.05, 4.69) is 45.0 Å². The highest BCUT2D eigenvalue weighted by atomic mass is 79.9. The zero-order valence-corrected chi connectivity index (χ0v) is 11.8. The van der Waals surface area contributed by atoms with E-state index in [9.17, 15) is 4.79 Å². The van der Waals surface area contributed by atoms with Crippen molar-refractivity contribution in [2.45, 2.75) is 29.6 Å². The Kier molecular flexibility index (Phi) is 5.21. The lowest BCUT2D eigenvalue weighted by molar-refractivity contribution is -0.139. The second-order valence-corrected chi connectivity index (χ2v) is 5.70. The maximum Gasteiger partial charge on any atom is 0.320 e. The van der Waals surface area contributed by atoms with Gasteiger partial charge in [-0.15, -0.1) is 0 Å². The molecule has 0 aromatic heterocycles. The van der Waals surface area contributed by atoms with Crippen LogP contribution in [0.2, 0.25) is 0 Å². The summed E-state index contributed by atoms with van der Waals surface area (Å²) in [5.74, 6) is -0.222. The fourth-order valence-corrected chi connectivity index (χ4v) is 2.43. The number of carbonyl (C=O) groups is 1. The van der Waals surface area contributed by atoms with Gasteiger partial charge in [0.25, 0.3) is 0 Å². The van der Waals surface area contributed by atoms with Crippen LogP contribution < -0.4 is 5.32 Å². The van der Waals surface area contributed by atoms with Crippen molar-refractivity contribution >= 4 is 21.9 Å². The second kappa shape index (κ2) is 5.98. The summed E-state index contributed by atoms with van der Waals surface area (Å²) >= 11 is 3.30. The van der Waals surface area contributed by atoms with E-state index in [4.69, 9.17) is 0 Å². The predicted molar refractivity (Wildman–Crippen MR) is 67.9 cm³/mol. The summed E-state index contributed by atoms with van der Waals surface area (Å²) in [6.07, 6.45) is 3.77. The highest BCUT2D eigenvalue weighted by Gasteiger charge is 2.38. The number of methoxy groups -OCH3 is 1. The van der Waals surface area contributed by atoms with Gasteiger partial charge < -0.3 is 15.0 Å². The third kappa shape index (κ3) is 3.18. The first-order chi connectivity index (χ1) is 7.52. The summed E-state index contributed by atoms with van der Waals surface area (Å²) in [4.78, 5) is 13.2. The van der Waals surface area contributed by atoms with Crippen LogP contribution in [0.15, 0.2) is 0 Å². The highest BCUT2D eigenvalue weighted by molar-refractivity contribution is 9.10. The Morgan fingerprint density at radius 1 is 1.56 bits per heavy atom. The van der Waals surface area contributed by atoms with Gasteiger partial charge in [-0.05, 0) is 33.4 Å². The molecule has 0 amide bonds. The summed E-state index contributed by atoms with van der Waals surface area (Å²) in [5.41, 5.74) is 0.294. The van der Waals surface area contributed by atoms with E-state index in [1.807, 2.05) is 0 Å². The average molecular weight is 293 g/mol. The number of alkyl halides is 1. The van der Waals surface area contributed by atoms with Gasteiger partial charge in [-0.1, -0.05) is 15.9 Å². The number of carbonyl (C=O) groups excluding carboxylic acids is 1. The number of rotatable bonds is 6. The molecule has 1 aliphatic rings. The molecule has 0 aromatic rings. The third-order valence-electron chi connectivity index (χ3n) is 3.47. The van der Waals surface area contributed by atoms with E-state index in [-0.39, 0.29) is 10.8 Å². The molecule has 4 nitrogen and oxygen atoms in total. The molecule has 0 heterocycles. The molecule has 0 bridgehead atoms. The number of nitrogens with one attached hydrogen (secondary N) is 1. The van der Waals surface area contributed by atoms with Crippen molar-refractivity contribution in [1.82, 2.24) is 10.2 Å². The summed E-state index contributed by atoms with van der Waals surface area (Å²) in [7, 11) is 5.64. The minimum Gasteiger partial charge on any atom is -0.468 e. The smallest absolute Gasteiger partial charge is 0.320 e. The fraction of sp³-hybridized carbons (Fsp3) is 0.909. The second-order valence-electron chi connectivity index (χ2n) is 4.59. The first-order valence-corrected chi connectivity index (χ1v) is 6.53. The minimum atomic E-state index is -0.253. The molecule has 5 heteroatoms. The van der Waals surface area contributed by atoms with Gasteiger partial charge in [0.15, 0.2) is 0 Å². The Bertz CT molecular complexity index is 242. The lowest BCUT2D eigenvalue weighted by Gasteiger charge is -2.47. The number of ether oxygens (including phenoxy) is 1. The molecular formula is C11H21BrN2O2. The van der Waals surface area contributed by atoms with E-state index >= 15 is 0 Å². The van der Waals surface area contributed by atoms with Crippen LogP contribution >= 0.6 is 15.9 Å². The van der Waals surface area contributed by atoms with Crippen LogP contribution in [0.4, 0.5) is 0 Å². The van der Waals surface area contributed by atoms with Crippen molar-refractivity contribution in [3.05, 3.63) is 0 Å². The molecule has 1 unspecified atom stereocenters. The van der Waals surface area contributed by atoms with Crippen molar-refractivity contribution in [1.29, 1.82) is 0 Å². The topological polar surface area (TPSA) is 41.6 Å². The quantitative estimate of drug-likeness (QED) is 0.586. The maximum absolute atomic E-state index is 11.2. The molecule has 0 radical (unpaired) electrons. The van der Waals surface area contributed by atoms with Crippen LogP contribution in [-0.2, 0) is 9.53 Å². The molecule has 1 rings (SSSR count). The van der Waals surface area contributed by atoms with E-state index < -0.39 is 0 Å². The highest BCUT2D eigenvalue weighted by Crippen LogP contribution is 2.35. The molecule has 0 saturated heterocycles. The normalized spacial score (nSPS) is 20.3. The van der Waals surface area contributed by atoms with Crippen LogP contribution in [0.5, 0.6) is 0 Å². The van der Waals surface area contributed by atoms with Gasteiger partial charge in [0.1, 0.15) is 4.83 Å². The largest absolute Gasteiger partial charge is 0.468 e. The number of esters is 1. The Balaban J connectivity index is 2.27. The predicted octanol–water partition coefficient (Wildman–Crippen LogP) is 0.997. The van der Waals surface area contributed by atoms with Gasteiger partial charge in [0, 0.05) is 18.6 Å². The molecule has 1 N–H and O–H groups in total. The van der Waals surface area contributed by atoms with E-state index in [0.717, 1.165) is 6.54 Å². The van der Waals surface area contributed by atoms with E-state index in [1.54, 1.807) is 0 Å². The van der Waals surface area contributed by atoms with Crippen molar-refractivity contribution < 1.29 is 9.53 Å². The van der Waals surface area contributed by atoms with Crippen LogP contribution in [0.3, 0.4) is 0 Å². The zero-order chi connectivity index (χ0) is 12.2. The molecule has 1 fully saturated rings. The Morgan fingerprint density at radius 2 is 2.19 bits per heavy atom. The lowest BCUT2D eigenvalue weighted by atomic mass is 9.75. The Hall–Kier alpha value is -0.130. The summed E-state index contributed by atoms with van der Waals surface area (Å²) in [6.45, 7) is 1.54. The van der Waals surface area contributed by atoms with Gasteiger partial charge in [0.05, 0.1) is 7.11 Å². The van der Waals surface area contributed by atoms with Gasteiger partial charge in [-0.3, -0.25) is 4.79 Å². The number of nitrogens with zero attached hydrogens (tertiary/aromatic N) is 1. The number of likely N-dealkylation sites (N-methyl/N-ethyl adjacent to an activating group) is 1. The molecule has 1 atom stereocenters. The molecule has 94 valence electrons. The van der Waals surface area contributed by atoms with Crippen molar-refractivity contribution in [3.63, 3.8) is 0 Å². The van der Waals surface area contributed by atoms with Crippen LogP contribution in [0.1, 0.15) is 19.3 Å². The van der Waals surface area contributed by atoms with Crippen LogP contribution in [0, 0.1) is 0 Å². The number of halogens is 1. The van der Waals surface area contributed by atoms with Crippen LogP contribution in [0.25, 0.3) is 0 Å². The maximum atomic E-state index is 11.2. The fourth-order valence-electron chi connectivity index (χ4n) is 2.01. The number of hydrogen-bond acceptors (Lipinski definition) is 4. The van der Waals surface area contributed by atoms with E-state index in [0.29, 0.717) is 12.1 Å². The van der Waals surface area contributed by atoms with Gasteiger partial charge in [-0.2, -0.15) is 0 Å². The summed E-state index contributed by atoms with van der Waals surface area (Å²) < 4.78 is 4.65. The molecule has 0 aliphatic heterocycles. The van der Waals surface area contributed by atoms with Gasteiger partial charge in [-0.25, -0.2) is 0 Å². The third-order valence-corrected chi connectivity index (χ3v) is 4.17. The Morgan fingerprint density at radius 3 is 2.56 bits per heavy atom. The average Bonchev–Trinajstić information content (AvgIpc) is 2.19. The first kappa shape index (κ1) is 13.9. The van der Waals surface area contributed by atoms with E-state index in [1.165, 1.54) is 26.4 Å². The van der Waals surface area contributed by atoms with Crippen molar-refractivity contribution in [2.75, 3.05) is 34.3 Å². The van der Waals surface area contributed by atoms with Gasteiger partial charge >= 0.3 is 5.97 Å². The molecule has 1 aliphatic carbocycles.